The Morgan fingerprint density at radius 3 is 2.56 bits per heavy atom. The minimum atomic E-state index is -4.11. The van der Waals surface area contributed by atoms with Gasteiger partial charge < -0.3 is 0 Å². The monoisotopic (exact) mass is 530 g/mol. The van der Waals surface area contributed by atoms with Crippen LogP contribution in [-0.2, 0) is 14.8 Å². The molecule has 0 aliphatic heterocycles. The van der Waals surface area contributed by atoms with E-state index in [1.54, 1.807) is 36.0 Å². The Morgan fingerprint density at radius 2 is 1.88 bits per heavy atom. The number of sulfonamides is 1. The number of nitrogens with zero attached hydrogens (tertiary/aromatic N) is 3. The van der Waals surface area contributed by atoms with Gasteiger partial charge in [-0.1, -0.05) is 77.0 Å². The number of carbonyl (C=O) groups is 1. The van der Waals surface area contributed by atoms with Crippen LogP contribution >= 0.6 is 46.3 Å². The molecule has 0 aliphatic rings. The van der Waals surface area contributed by atoms with Gasteiger partial charge in [-0.05, 0) is 37.6 Å². The molecule has 1 aromatic heterocycles. The van der Waals surface area contributed by atoms with Crippen LogP contribution in [0.1, 0.15) is 18.9 Å². The lowest BCUT2D eigenvalue weighted by Gasteiger charge is -2.25. The van der Waals surface area contributed by atoms with Crippen molar-refractivity contribution in [2.24, 2.45) is 0 Å². The highest BCUT2D eigenvalue weighted by molar-refractivity contribution is 8.01. The van der Waals surface area contributed by atoms with Crippen LogP contribution in [0.25, 0.3) is 0 Å². The zero-order valence-electron chi connectivity index (χ0n) is 17.2. The number of aromatic nitrogens is 2. The first-order valence-corrected chi connectivity index (χ1v) is 13.5. The van der Waals surface area contributed by atoms with Gasteiger partial charge >= 0.3 is 0 Å². The van der Waals surface area contributed by atoms with Crippen LogP contribution in [0.4, 0.5) is 10.8 Å². The van der Waals surface area contributed by atoms with Gasteiger partial charge in [0, 0.05) is 5.75 Å². The summed E-state index contributed by atoms with van der Waals surface area (Å²) in [6.45, 7) is 3.39. The van der Waals surface area contributed by atoms with E-state index in [0.29, 0.717) is 5.13 Å². The van der Waals surface area contributed by atoms with Crippen LogP contribution in [0.15, 0.2) is 51.7 Å². The smallest absolute Gasteiger partial charge is 0.264 e. The summed E-state index contributed by atoms with van der Waals surface area (Å²) in [4.78, 5) is 12.8. The molecule has 0 fully saturated rings. The summed E-state index contributed by atoms with van der Waals surface area (Å²) in [5.74, 6) is 0.304. The van der Waals surface area contributed by atoms with Gasteiger partial charge in [-0.3, -0.25) is 14.4 Å². The number of amides is 1. The van der Waals surface area contributed by atoms with E-state index in [-0.39, 0.29) is 20.6 Å². The number of anilines is 2. The number of thioether (sulfide) groups is 1. The fourth-order valence-corrected chi connectivity index (χ4v) is 6.19. The number of nitrogens with one attached hydrogen (secondary N) is 1. The SMILES string of the molecule is CCCSc1nnc(NC(=O)CN(c2cccc(Cl)c2Cl)S(=O)(=O)c2ccc(C)cc2)s1. The fraction of sp³-hybridized carbons (Fsp3) is 0.250. The summed E-state index contributed by atoms with van der Waals surface area (Å²) in [7, 11) is -4.11. The van der Waals surface area contributed by atoms with E-state index in [2.05, 4.69) is 22.4 Å². The van der Waals surface area contributed by atoms with Gasteiger partial charge in [0.2, 0.25) is 11.0 Å². The van der Waals surface area contributed by atoms with Crippen LogP contribution in [0, 0.1) is 6.92 Å². The van der Waals surface area contributed by atoms with Crippen molar-refractivity contribution in [2.45, 2.75) is 29.5 Å². The van der Waals surface area contributed by atoms with Crippen molar-refractivity contribution in [1.29, 1.82) is 0 Å². The molecule has 3 aromatic rings. The fourth-order valence-electron chi connectivity index (χ4n) is 2.62. The second-order valence-electron chi connectivity index (χ2n) is 6.67. The lowest BCUT2D eigenvalue weighted by molar-refractivity contribution is -0.114. The van der Waals surface area contributed by atoms with Crippen LogP contribution in [0.5, 0.6) is 0 Å². The number of carbonyl (C=O) groups excluding carboxylic acids is 1. The lowest BCUT2D eigenvalue weighted by Crippen LogP contribution is -2.38. The summed E-state index contributed by atoms with van der Waals surface area (Å²) in [6, 6.07) is 10.9. The Balaban J connectivity index is 1.91. The third-order valence-corrected chi connectivity index (χ3v) is 8.94. The molecule has 12 heteroatoms. The summed E-state index contributed by atoms with van der Waals surface area (Å²) in [5.41, 5.74) is 1.01. The normalized spacial score (nSPS) is 11.4. The lowest BCUT2D eigenvalue weighted by atomic mass is 10.2. The van der Waals surface area contributed by atoms with Crippen molar-refractivity contribution in [2.75, 3.05) is 21.9 Å². The Bertz CT molecular complexity index is 1200. The summed E-state index contributed by atoms with van der Waals surface area (Å²) in [6.07, 6.45) is 0.984. The molecule has 0 atom stereocenters. The Kier molecular flexibility index (Phi) is 8.40. The molecular weight excluding hydrogens is 511 g/mol. The Labute approximate surface area is 205 Å². The van der Waals surface area contributed by atoms with E-state index in [0.717, 1.165) is 26.4 Å². The van der Waals surface area contributed by atoms with Gasteiger partial charge in [-0.25, -0.2) is 8.42 Å². The van der Waals surface area contributed by atoms with Gasteiger partial charge in [0.05, 0.1) is 20.6 Å². The Morgan fingerprint density at radius 1 is 1.16 bits per heavy atom. The Hall–Kier alpha value is -1.85. The van der Waals surface area contributed by atoms with Crippen molar-refractivity contribution in [3.8, 4) is 0 Å². The summed E-state index contributed by atoms with van der Waals surface area (Å²) in [5, 5.41) is 11.1. The average molecular weight is 532 g/mol. The average Bonchev–Trinajstić information content (AvgIpc) is 3.20. The number of rotatable bonds is 9. The van der Waals surface area contributed by atoms with Crippen molar-refractivity contribution >= 4 is 73.0 Å². The van der Waals surface area contributed by atoms with E-state index in [1.807, 2.05) is 6.92 Å². The van der Waals surface area contributed by atoms with Crippen molar-refractivity contribution in [3.05, 3.63) is 58.1 Å². The van der Waals surface area contributed by atoms with Crippen LogP contribution < -0.4 is 9.62 Å². The van der Waals surface area contributed by atoms with E-state index in [1.165, 1.54) is 29.5 Å². The summed E-state index contributed by atoms with van der Waals surface area (Å²) >= 11 is 15.2. The first kappa shape index (κ1) is 24.8. The number of hydrogen-bond acceptors (Lipinski definition) is 7. The minimum absolute atomic E-state index is 0.0288. The first-order chi connectivity index (χ1) is 15.2. The van der Waals surface area contributed by atoms with Crippen LogP contribution in [-0.4, -0.2) is 36.8 Å². The molecule has 0 unspecified atom stereocenters. The molecule has 170 valence electrons. The molecule has 1 heterocycles. The quantitative estimate of drug-likeness (QED) is 0.290. The van der Waals surface area contributed by atoms with Gasteiger partial charge in [-0.2, -0.15) is 0 Å². The van der Waals surface area contributed by atoms with Gasteiger partial charge in [0.25, 0.3) is 10.0 Å². The van der Waals surface area contributed by atoms with Crippen molar-refractivity contribution < 1.29 is 13.2 Å². The number of aryl methyl sites for hydroxylation is 1. The molecule has 0 aliphatic carbocycles. The predicted octanol–water partition coefficient (Wildman–Crippen LogP) is 5.49. The first-order valence-electron chi connectivity index (χ1n) is 9.52. The molecule has 1 amide bonds. The largest absolute Gasteiger partial charge is 0.299 e. The second-order valence-corrected chi connectivity index (χ2v) is 11.6. The highest BCUT2D eigenvalue weighted by atomic mass is 35.5. The molecule has 0 saturated heterocycles. The number of hydrogen-bond donors (Lipinski definition) is 1. The highest BCUT2D eigenvalue weighted by Crippen LogP contribution is 2.35. The maximum atomic E-state index is 13.4. The molecule has 1 N–H and O–H groups in total. The third-order valence-electron chi connectivity index (χ3n) is 4.18. The van der Waals surface area contributed by atoms with Crippen molar-refractivity contribution in [1.82, 2.24) is 10.2 Å². The maximum Gasteiger partial charge on any atom is 0.264 e. The van der Waals surface area contributed by atoms with Gasteiger partial charge in [-0.15, -0.1) is 10.2 Å². The molecular formula is C20H20Cl2N4O3S3. The highest BCUT2D eigenvalue weighted by Gasteiger charge is 2.29. The molecule has 0 spiro atoms. The van der Waals surface area contributed by atoms with E-state index in [9.17, 15) is 13.2 Å². The van der Waals surface area contributed by atoms with Gasteiger partial charge in [0.15, 0.2) is 4.34 Å². The molecule has 0 saturated carbocycles. The molecule has 32 heavy (non-hydrogen) atoms. The zero-order chi connectivity index (χ0) is 23.3. The maximum absolute atomic E-state index is 13.4. The van der Waals surface area contributed by atoms with Crippen LogP contribution in [0.2, 0.25) is 10.0 Å². The van der Waals surface area contributed by atoms with E-state index >= 15 is 0 Å². The third kappa shape index (κ3) is 5.93. The molecule has 3 rings (SSSR count). The van der Waals surface area contributed by atoms with Crippen LogP contribution in [0.3, 0.4) is 0 Å². The number of benzene rings is 2. The molecule has 0 bridgehead atoms. The molecule has 0 radical (unpaired) electrons. The summed E-state index contributed by atoms with van der Waals surface area (Å²) < 4.78 is 28.5. The second kappa shape index (κ2) is 10.8. The minimum Gasteiger partial charge on any atom is -0.299 e. The zero-order valence-corrected chi connectivity index (χ0v) is 21.2. The predicted molar refractivity (Wildman–Crippen MR) is 132 cm³/mol. The topological polar surface area (TPSA) is 92.3 Å². The molecule has 2 aromatic carbocycles. The van der Waals surface area contributed by atoms with Crippen molar-refractivity contribution in [3.63, 3.8) is 0 Å². The molecule has 7 nitrogen and oxygen atoms in total. The van der Waals surface area contributed by atoms with Gasteiger partial charge in [0.1, 0.15) is 6.54 Å². The number of halogens is 2. The standard InChI is InChI=1S/C20H20Cl2N4O3S3/c1-3-11-30-20-25-24-19(31-20)23-17(27)12-26(16-6-4-5-15(21)18(16)22)32(28,29)14-9-7-13(2)8-10-14/h4-10H,3,11-12H2,1-2H3,(H,23,24,27). The van der Waals surface area contributed by atoms with E-state index in [4.69, 9.17) is 23.2 Å². The van der Waals surface area contributed by atoms with E-state index < -0.39 is 22.5 Å².